The minimum Gasteiger partial charge on any atom is -0.324 e. The molecule has 33 heavy (non-hydrogen) atoms. The van der Waals surface area contributed by atoms with Gasteiger partial charge in [0.15, 0.2) is 0 Å². The van der Waals surface area contributed by atoms with E-state index in [1.54, 1.807) is 0 Å². The molecule has 6 nitrogen and oxygen atoms in total. The van der Waals surface area contributed by atoms with E-state index in [2.05, 4.69) is 10.6 Å². The number of carbonyl (C=O) groups is 3. The third-order valence-corrected chi connectivity index (χ3v) is 5.83. The predicted octanol–water partition coefficient (Wildman–Crippen LogP) is 4.71. The second-order valence-electron chi connectivity index (χ2n) is 7.93. The van der Waals surface area contributed by atoms with Gasteiger partial charge >= 0.3 is 6.03 Å². The van der Waals surface area contributed by atoms with Gasteiger partial charge in [0.25, 0.3) is 5.91 Å². The molecule has 3 aromatic rings. The number of carbonyl (C=O) groups excluding carboxylic acids is 3. The lowest BCUT2D eigenvalue weighted by Crippen LogP contribution is -2.51. The molecule has 0 aliphatic carbocycles. The molecule has 1 heterocycles. The molecular weight excluding hydrogens is 461 g/mol. The van der Waals surface area contributed by atoms with E-state index in [0.717, 1.165) is 16.0 Å². The number of rotatable bonds is 7. The van der Waals surface area contributed by atoms with Crippen LogP contribution in [0.2, 0.25) is 10.0 Å². The number of hydrogen-bond donors (Lipinski definition) is 2. The third-order valence-electron chi connectivity index (χ3n) is 5.39. The lowest BCUT2D eigenvalue weighted by atomic mass is 9.84. The SMILES string of the molecule is O=C(CN1C(=O)NC(Cc2ccccc2)(Cc2ccccc2)C1=O)Nc1cc(Cl)cc(Cl)c1. The first-order valence-electron chi connectivity index (χ1n) is 10.3. The molecule has 0 spiro atoms. The molecule has 0 atom stereocenters. The Bertz CT molecular complexity index is 1120. The molecule has 1 aliphatic rings. The van der Waals surface area contributed by atoms with E-state index in [-0.39, 0.29) is 0 Å². The van der Waals surface area contributed by atoms with Crippen LogP contribution in [0.5, 0.6) is 0 Å². The summed E-state index contributed by atoms with van der Waals surface area (Å²) in [5, 5.41) is 6.22. The maximum Gasteiger partial charge on any atom is 0.325 e. The summed E-state index contributed by atoms with van der Waals surface area (Å²) < 4.78 is 0. The molecule has 3 aromatic carbocycles. The van der Waals surface area contributed by atoms with Crippen molar-refractivity contribution < 1.29 is 14.4 Å². The zero-order chi connectivity index (χ0) is 23.4. The zero-order valence-electron chi connectivity index (χ0n) is 17.6. The highest BCUT2D eigenvalue weighted by molar-refractivity contribution is 6.35. The average Bonchev–Trinajstić information content (AvgIpc) is 2.98. The maximum absolute atomic E-state index is 13.6. The van der Waals surface area contributed by atoms with Crippen molar-refractivity contribution in [1.82, 2.24) is 10.2 Å². The fourth-order valence-electron chi connectivity index (χ4n) is 3.98. The molecular formula is C25H21Cl2N3O3. The standard InChI is InChI=1S/C25H21Cl2N3O3/c26-19-11-20(27)13-21(12-19)28-22(31)16-30-23(32)25(29-24(30)33,14-17-7-3-1-4-8-17)15-18-9-5-2-6-10-18/h1-13H,14-16H2,(H,28,31)(H,29,33). The van der Waals surface area contributed by atoms with Gasteiger partial charge in [-0.25, -0.2) is 4.79 Å². The van der Waals surface area contributed by atoms with E-state index in [0.29, 0.717) is 28.6 Å². The number of anilines is 1. The minimum absolute atomic E-state index is 0.301. The molecule has 0 bridgehead atoms. The second-order valence-corrected chi connectivity index (χ2v) is 8.81. The zero-order valence-corrected chi connectivity index (χ0v) is 19.1. The first-order valence-corrected chi connectivity index (χ1v) is 11.1. The summed E-state index contributed by atoms with van der Waals surface area (Å²) in [5.41, 5.74) is 0.993. The normalized spacial score (nSPS) is 14.8. The van der Waals surface area contributed by atoms with Gasteiger partial charge in [-0.2, -0.15) is 0 Å². The van der Waals surface area contributed by atoms with E-state index >= 15 is 0 Å². The highest BCUT2D eigenvalue weighted by Crippen LogP contribution is 2.28. The van der Waals surface area contributed by atoms with Gasteiger partial charge < -0.3 is 10.6 Å². The number of benzene rings is 3. The lowest BCUT2D eigenvalue weighted by Gasteiger charge is -2.27. The number of imide groups is 1. The first kappa shape index (κ1) is 22.8. The topological polar surface area (TPSA) is 78.5 Å². The Balaban J connectivity index is 1.56. The van der Waals surface area contributed by atoms with E-state index in [4.69, 9.17) is 23.2 Å². The largest absolute Gasteiger partial charge is 0.325 e. The van der Waals surface area contributed by atoms with Crippen molar-refractivity contribution in [2.45, 2.75) is 18.4 Å². The van der Waals surface area contributed by atoms with Crippen molar-refractivity contribution in [2.75, 3.05) is 11.9 Å². The van der Waals surface area contributed by atoms with Gasteiger partial charge in [0.2, 0.25) is 5.91 Å². The molecule has 168 valence electrons. The summed E-state index contributed by atoms with van der Waals surface area (Å²) in [6.07, 6.45) is 0.602. The summed E-state index contributed by atoms with van der Waals surface area (Å²) in [6.45, 7) is -0.430. The molecule has 1 saturated heterocycles. The molecule has 0 radical (unpaired) electrons. The van der Waals surface area contributed by atoms with E-state index < -0.39 is 29.9 Å². The van der Waals surface area contributed by atoms with Gasteiger partial charge in [0.1, 0.15) is 12.1 Å². The maximum atomic E-state index is 13.6. The Hall–Kier alpha value is -3.35. The number of amides is 4. The van der Waals surface area contributed by atoms with Crippen molar-refractivity contribution in [3.63, 3.8) is 0 Å². The first-order chi connectivity index (χ1) is 15.8. The fraction of sp³-hybridized carbons (Fsp3) is 0.160. The quantitative estimate of drug-likeness (QED) is 0.479. The number of nitrogens with zero attached hydrogens (tertiary/aromatic N) is 1. The monoisotopic (exact) mass is 481 g/mol. The molecule has 0 aromatic heterocycles. The summed E-state index contributed by atoms with van der Waals surface area (Å²) in [4.78, 5) is 40.0. The molecule has 1 fully saturated rings. The summed E-state index contributed by atoms with van der Waals surface area (Å²) >= 11 is 12.0. The van der Waals surface area contributed by atoms with Crippen molar-refractivity contribution in [1.29, 1.82) is 0 Å². The van der Waals surface area contributed by atoms with Gasteiger partial charge in [-0.15, -0.1) is 0 Å². The van der Waals surface area contributed by atoms with Gasteiger partial charge in [-0.1, -0.05) is 83.9 Å². The highest BCUT2D eigenvalue weighted by Gasteiger charge is 2.51. The Morgan fingerprint density at radius 2 is 1.36 bits per heavy atom. The van der Waals surface area contributed by atoms with Crippen LogP contribution < -0.4 is 10.6 Å². The Morgan fingerprint density at radius 1 is 0.848 bits per heavy atom. The lowest BCUT2D eigenvalue weighted by molar-refractivity contribution is -0.133. The van der Waals surface area contributed by atoms with E-state index in [1.807, 2.05) is 60.7 Å². The van der Waals surface area contributed by atoms with Crippen LogP contribution in [0, 0.1) is 0 Å². The van der Waals surface area contributed by atoms with Crippen molar-refractivity contribution in [2.24, 2.45) is 0 Å². The van der Waals surface area contributed by atoms with Gasteiger partial charge in [0, 0.05) is 28.6 Å². The molecule has 2 N–H and O–H groups in total. The predicted molar refractivity (Wildman–Crippen MR) is 128 cm³/mol. The van der Waals surface area contributed by atoms with Gasteiger partial charge in [0.05, 0.1) is 0 Å². The smallest absolute Gasteiger partial charge is 0.324 e. The average molecular weight is 482 g/mol. The van der Waals surface area contributed by atoms with Crippen LogP contribution in [0.15, 0.2) is 78.9 Å². The number of hydrogen-bond acceptors (Lipinski definition) is 3. The second kappa shape index (κ2) is 9.65. The van der Waals surface area contributed by atoms with Gasteiger partial charge in [-0.05, 0) is 29.3 Å². The van der Waals surface area contributed by atoms with E-state index in [9.17, 15) is 14.4 Å². The Morgan fingerprint density at radius 3 is 1.88 bits per heavy atom. The molecule has 4 amide bonds. The van der Waals surface area contributed by atoms with Crippen molar-refractivity contribution in [3.8, 4) is 0 Å². The van der Waals surface area contributed by atoms with Crippen molar-refractivity contribution in [3.05, 3.63) is 100 Å². The summed E-state index contributed by atoms with van der Waals surface area (Å²) in [7, 11) is 0. The van der Waals surface area contributed by atoms with Crippen LogP contribution in [-0.2, 0) is 22.4 Å². The van der Waals surface area contributed by atoms with E-state index in [1.165, 1.54) is 18.2 Å². The molecule has 4 rings (SSSR count). The van der Waals surface area contributed by atoms with Crippen LogP contribution in [0.3, 0.4) is 0 Å². The summed E-state index contributed by atoms with van der Waals surface area (Å²) in [6, 6.07) is 22.9. The van der Waals surface area contributed by atoms with Crippen LogP contribution >= 0.6 is 23.2 Å². The van der Waals surface area contributed by atoms with Crippen LogP contribution in [0.25, 0.3) is 0 Å². The molecule has 8 heteroatoms. The van der Waals surface area contributed by atoms with Crippen molar-refractivity contribution >= 4 is 46.7 Å². The minimum atomic E-state index is -1.20. The third kappa shape index (κ3) is 5.35. The van der Waals surface area contributed by atoms with Gasteiger partial charge in [-0.3, -0.25) is 14.5 Å². The molecule has 1 aliphatic heterocycles. The summed E-state index contributed by atoms with van der Waals surface area (Å²) in [5.74, 6) is -0.980. The number of urea groups is 1. The van der Waals surface area contributed by atoms with Crippen LogP contribution in [0.1, 0.15) is 11.1 Å². The highest BCUT2D eigenvalue weighted by atomic mass is 35.5. The van der Waals surface area contributed by atoms with Crippen LogP contribution in [-0.4, -0.2) is 34.8 Å². The van der Waals surface area contributed by atoms with Crippen LogP contribution in [0.4, 0.5) is 10.5 Å². The number of halogens is 2. The Kier molecular flexibility index (Phi) is 6.67. The Labute approximate surface area is 201 Å². The molecule has 0 saturated carbocycles. The fourth-order valence-corrected chi connectivity index (χ4v) is 4.51. The molecule has 0 unspecified atom stereocenters. The number of nitrogens with one attached hydrogen (secondary N) is 2.